The van der Waals surface area contributed by atoms with Crippen molar-refractivity contribution in [3.8, 4) is 0 Å². The third kappa shape index (κ3) is 4.69. The molecule has 0 bridgehead atoms. The second kappa shape index (κ2) is 9.63. The highest BCUT2D eigenvalue weighted by Gasteiger charge is 2.52. The van der Waals surface area contributed by atoms with Gasteiger partial charge in [0.25, 0.3) is 0 Å². The Labute approximate surface area is 174 Å². The first-order valence-corrected chi connectivity index (χ1v) is 9.93. The second-order valence-electron chi connectivity index (χ2n) is 7.40. The van der Waals surface area contributed by atoms with Gasteiger partial charge in [-0.2, -0.15) is 0 Å². The summed E-state index contributed by atoms with van der Waals surface area (Å²) in [5.74, 6) is -0.621. The summed E-state index contributed by atoms with van der Waals surface area (Å²) >= 11 is 0. The van der Waals surface area contributed by atoms with Gasteiger partial charge in [-0.15, -0.1) is 0 Å². The topological polar surface area (TPSA) is 89.3 Å². The number of benzene rings is 2. The van der Waals surface area contributed by atoms with Crippen LogP contribution in [0.15, 0.2) is 60.7 Å². The highest BCUT2D eigenvalue weighted by atomic mass is 16.7. The first-order chi connectivity index (χ1) is 14.7. The Kier molecular flexibility index (Phi) is 6.71. The third-order valence-corrected chi connectivity index (χ3v) is 5.41. The van der Waals surface area contributed by atoms with E-state index in [1.807, 2.05) is 60.7 Å². The standard InChI is InChI=1S/C22H25NO7/c1-26-22-17(12-23(24)25)19(27-13-15-8-4-2-5-9-15)20-18(29-22)14-28-21(30-20)16-10-6-3-7-11-16/h2-11,17-22H,12-14H2,1H3/t17?,18?,19?,20-,21?,22-/m1/s1. The van der Waals surface area contributed by atoms with E-state index in [0.717, 1.165) is 11.1 Å². The van der Waals surface area contributed by atoms with Crippen LogP contribution in [-0.2, 0) is 30.3 Å². The highest BCUT2D eigenvalue weighted by Crippen LogP contribution is 2.38. The minimum absolute atomic E-state index is 0.278. The number of hydrogen-bond donors (Lipinski definition) is 0. The van der Waals surface area contributed by atoms with Crippen molar-refractivity contribution in [2.75, 3.05) is 20.3 Å². The molecule has 0 amide bonds. The molecule has 0 saturated carbocycles. The summed E-state index contributed by atoms with van der Waals surface area (Å²) in [7, 11) is 1.48. The fourth-order valence-corrected chi connectivity index (χ4v) is 3.99. The molecule has 8 heteroatoms. The van der Waals surface area contributed by atoms with Crippen LogP contribution in [0.2, 0.25) is 0 Å². The number of fused-ring (bicyclic) bond motifs is 1. The van der Waals surface area contributed by atoms with Gasteiger partial charge in [0.1, 0.15) is 24.2 Å². The van der Waals surface area contributed by atoms with Gasteiger partial charge in [0.2, 0.25) is 6.54 Å². The number of ether oxygens (including phenoxy) is 5. The maximum Gasteiger partial charge on any atom is 0.214 e. The molecule has 6 atom stereocenters. The Bertz CT molecular complexity index is 819. The van der Waals surface area contributed by atoms with Crippen LogP contribution in [0, 0.1) is 16.0 Å². The van der Waals surface area contributed by atoms with Crippen molar-refractivity contribution in [2.45, 2.75) is 37.5 Å². The van der Waals surface area contributed by atoms with E-state index in [1.165, 1.54) is 7.11 Å². The van der Waals surface area contributed by atoms with Gasteiger partial charge < -0.3 is 23.7 Å². The van der Waals surface area contributed by atoms with Crippen molar-refractivity contribution >= 4 is 0 Å². The van der Waals surface area contributed by atoms with E-state index in [1.54, 1.807) is 0 Å². The summed E-state index contributed by atoms with van der Waals surface area (Å²) in [4.78, 5) is 11.0. The molecule has 0 spiro atoms. The van der Waals surface area contributed by atoms with Crippen LogP contribution in [0.5, 0.6) is 0 Å². The van der Waals surface area contributed by atoms with E-state index in [4.69, 9.17) is 23.7 Å². The minimum Gasteiger partial charge on any atom is -0.370 e. The summed E-state index contributed by atoms with van der Waals surface area (Å²) < 4.78 is 29.7. The van der Waals surface area contributed by atoms with E-state index in [0.29, 0.717) is 6.61 Å². The quantitative estimate of drug-likeness (QED) is 0.507. The fourth-order valence-electron chi connectivity index (χ4n) is 3.99. The van der Waals surface area contributed by atoms with Crippen LogP contribution in [0.25, 0.3) is 0 Å². The zero-order chi connectivity index (χ0) is 20.9. The van der Waals surface area contributed by atoms with Crippen molar-refractivity contribution in [3.63, 3.8) is 0 Å². The van der Waals surface area contributed by atoms with Crippen molar-refractivity contribution in [1.82, 2.24) is 0 Å². The van der Waals surface area contributed by atoms with Crippen LogP contribution in [0.4, 0.5) is 0 Å². The summed E-state index contributed by atoms with van der Waals surface area (Å²) in [5, 5.41) is 11.4. The zero-order valence-electron chi connectivity index (χ0n) is 16.7. The molecular formula is C22H25NO7. The molecule has 4 unspecified atom stereocenters. The fraction of sp³-hybridized carbons (Fsp3) is 0.455. The maximum atomic E-state index is 11.4. The molecule has 0 N–H and O–H groups in total. The molecule has 30 heavy (non-hydrogen) atoms. The van der Waals surface area contributed by atoms with Crippen LogP contribution in [0.3, 0.4) is 0 Å². The number of nitro groups is 1. The van der Waals surface area contributed by atoms with Crippen molar-refractivity contribution in [2.24, 2.45) is 5.92 Å². The summed E-state index contributed by atoms with van der Waals surface area (Å²) in [6.45, 7) is 0.238. The van der Waals surface area contributed by atoms with Crippen LogP contribution in [-0.4, -0.2) is 49.8 Å². The Morgan fingerprint density at radius 3 is 2.43 bits per heavy atom. The molecular weight excluding hydrogens is 390 g/mol. The van der Waals surface area contributed by atoms with Gasteiger partial charge in [-0.1, -0.05) is 60.7 Å². The van der Waals surface area contributed by atoms with E-state index in [9.17, 15) is 10.1 Å². The van der Waals surface area contributed by atoms with Gasteiger partial charge in [0.05, 0.1) is 13.2 Å². The molecule has 0 radical (unpaired) electrons. The smallest absolute Gasteiger partial charge is 0.214 e. The Morgan fingerprint density at radius 1 is 1.07 bits per heavy atom. The predicted octanol–water partition coefficient (Wildman–Crippen LogP) is 2.95. The minimum atomic E-state index is -0.780. The largest absolute Gasteiger partial charge is 0.370 e. The average molecular weight is 415 g/mol. The lowest BCUT2D eigenvalue weighted by atomic mass is 9.89. The van der Waals surface area contributed by atoms with Crippen LogP contribution < -0.4 is 0 Å². The summed E-state index contributed by atoms with van der Waals surface area (Å²) in [6.07, 6.45) is -2.93. The molecule has 2 aromatic rings. The number of rotatable bonds is 7. The maximum absolute atomic E-state index is 11.4. The summed E-state index contributed by atoms with van der Waals surface area (Å²) in [5.41, 5.74) is 1.85. The lowest BCUT2D eigenvalue weighted by Crippen LogP contribution is -2.61. The Balaban J connectivity index is 1.58. The van der Waals surface area contributed by atoms with Crippen molar-refractivity contribution in [3.05, 3.63) is 81.9 Å². The number of hydrogen-bond acceptors (Lipinski definition) is 7. The number of methoxy groups -OCH3 is 1. The molecule has 4 rings (SSSR count). The van der Waals surface area contributed by atoms with Crippen LogP contribution >= 0.6 is 0 Å². The first kappa shape index (κ1) is 20.9. The van der Waals surface area contributed by atoms with E-state index in [2.05, 4.69) is 0 Å². The number of nitrogens with zero attached hydrogens (tertiary/aromatic N) is 1. The molecule has 0 aromatic heterocycles. The zero-order valence-corrected chi connectivity index (χ0v) is 16.7. The van der Waals surface area contributed by atoms with Crippen molar-refractivity contribution < 1.29 is 28.6 Å². The Morgan fingerprint density at radius 2 is 1.77 bits per heavy atom. The molecule has 160 valence electrons. The monoisotopic (exact) mass is 415 g/mol. The molecule has 2 heterocycles. The Hall–Kier alpha value is -2.36. The molecule has 2 fully saturated rings. The van der Waals surface area contributed by atoms with E-state index < -0.39 is 36.8 Å². The molecule has 2 aliphatic heterocycles. The molecule has 8 nitrogen and oxygen atoms in total. The van der Waals surface area contributed by atoms with Gasteiger partial charge >= 0.3 is 0 Å². The average Bonchev–Trinajstić information content (AvgIpc) is 2.78. The lowest BCUT2D eigenvalue weighted by Gasteiger charge is -2.48. The normalized spacial score (nSPS) is 31.1. The second-order valence-corrected chi connectivity index (χ2v) is 7.40. The van der Waals surface area contributed by atoms with Gasteiger partial charge in [0, 0.05) is 17.6 Å². The lowest BCUT2D eigenvalue weighted by molar-refractivity contribution is -0.504. The van der Waals surface area contributed by atoms with Gasteiger partial charge in [-0.05, 0) is 5.56 Å². The molecule has 2 aliphatic rings. The summed E-state index contributed by atoms with van der Waals surface area (Å²) in [6, 6.07) is 19.2. The third-order valence-electron chi connectivity index (χ3n) is 5.41. The highest BCUT2D eigenvalue weighted by molar-refractivity contribution is 5.17. The predicted molar refractivity (Wildman–Crippen MR) is 106 cm³/mol. The van der Waals surface area contributed by atoms with Gasteiger partial charge in [0.15, 0.2) is 12.6 Å². The SMILES string of the molecule is CO[C@@H]1OC2COC(c3ccccc3)O[C@H]2C(OCc2ccccc2)C1C[N+](=O)[O-]. The molecule has 2 aromatic carbocycles. The van der Waals surface area contributed by atoms with Gasteiger partial charge in [-0.25, -0.2) is 0 Å². The molecule has 0 aliphatic carbocycles. The molecule has 2 saturated heterocycles. The van der Waals surface area contributed by atoms with Gasteiger partial charge in [-0.3, -0.25) is 10.1 Å². The first-order valence-electron chi connectivity index (χ1n) is 9.93. The van der Waals surface area contributed by atoms with Crippen molar-refractivity contribution in [1.29, 1.82) is 0 Å². The van der Waals surface area contributed by atoms with E-state index in [-0.39, 0.29) is 18.1 Å². The van der Waals surface area contributed by atoms with E-state index >= 15 is 0 Å². The van der Waals surface area contributed by atoms with Crippen LogP contribution in [0.1, 0.15) is 17.4 Å².